The number of aromatic amines is 1. The largest absolute Gasteiger partial charge is 0.496 e. The van der Waals surface area contributed by atoms with Gasteiger partial charge in [-0.2, -0.15) is 5.10 Å². The Hall–Kier alpha value is -2.44. The highest BCUT2D eigenvalue weighted by Gasteiger charge is 2.12. The molecular weight excluding hydrogens is 253 g/mol. The summed E-state index contributed by atoms with van der Waals surface area (Å²) < 4.78 is 18.1. The van der Waals surface area contributed by atoms with E-state index in [1.807, 2.05) is 0 Å². The molecule has 19 heavy (non-hydrogen) atoms. The van der Waals surface area contributed by atoms with Crippen molar-refractivity contribution in [2.24, 2.45) is 0 Å². The minimum Gasteiger partial charge on any atom is -0.496 e. The molecule has 0 aliphatic heterocycles. The number of carbonyl (C=O) groups is 1. The van der Waals surface area contributed by atoms with Gasteiger partial charge in [-0.05, 0) is 12.1 Å². The summed E-state index contributed by atoms with van der Waals surface area (Å²) in [5, 5.41) is 15.2. The molecule has 100 valence electrons. The van der Waals surface area contributed by atoms with Crippen LogP contribution in [0.3, 0.4) is 0 Å². The normalized spacial score (nSPS) is 10.4. The van der Waals surface area contributed by atoms with Crippen molar-refractivity contribution in [3.8, 4) is 17.1 Å². The number of hydrogen-bond acceptors (Lipinski definition) is 4. The number of rotatable bonds is 5. The van der Waals surface area contributed by atoms with Crippen LogP contribution >= 0.6 is 0 Å². The van der Waals surface area contributed by atoms with Gasteiger partial charge in [0, 0.05) is 12.5 Å². The van der Waals surface area contributed by atoms with Crippen molar-refractivity contribution < 1.29 is 19.0 Å². The average molecular weight is 265 g/mol. The van der Waals surface area contributed by atoms with E-state index in [0.29, 0.717) is 23.0 Å². The average Bonchev–Trinajstić information content (AvgIpc) is 2.84. The molecule has 0 fully saturated rings. The van der Waals surface area contributed by atoms with Gasteiger partial charge < -0.3 is 9.84 Å². The highest BCUT2D eigenvalue weighted by Crippen LogP contribution is 2.27. The number of nitrogens with one attached hydrogen (secondary N) is 1. The van der Waals surface area contributed by atoms with Gasteiger partial charge in [0.05, 0.1) is 19.1 Å². The van der Waals surface area contributed by atoms with Gasteiger partial charge in [-0.15, -0.1) is 0 Å². The number of aryl methyl sites for hydroxylation is 1. The number of aromatic nitrogens is 3. The van der Waals surface area contributed by atoms with E-state index in [0.717, 1.165) is 0 Å². The molecule has 0 atom stereocenters. The Balaban J connectivity index is 2.25. The van der Waals surface area contributed by atoms with Crippen molar-refractivity contribution in [2.75, 3.05) is 7.11 Å². The number of H-pyrrole nitrogens is 1. The second kappa shape index (κ2) is 5.47. The van der Waals surface area contributed by atoms with E-state index < -0.39 is 11.8 Å². The monoisotopic (exact) mass is 265 g/mol. The van der Waals surface area contributed by atoms with Crippen LogP contribution in [0.2, 0.25) is 0 Å². The summed E-state index contributed by atoms with van der Waals surface area (Å²) in [6.45, 7) is 0. The van der Waals surface area contributed by atoms with Gasteiger partial charge in [0.2, 0.25) is 0 Å². The summed E-state index contributed by atoms with van der Waals surface area (Å²) in [7, 11) is 1.43. The minimum atomic E-state index is -0.905. The summed E-state index contributed by atoms with van der Waals surface area (Å²) in [6, 6.07) is 4.03. The second-order valence-corrected chi connectivity index (χ2v) is 3.84. The maximum absolute atomic E-state index is 13.1. The van der Waals surface area contributed by atoms with E-state index in [4.69, 9.17) is 9.84 Å². The maximum atomic E-state index is 13.1. The maximum Gasteiger partial charge on any atom is 0.303 e. The van der Waals surface area contributed by atoms with Crippen molar-refractivity contribution in [3.05, 3.63) is 29.8 Å². The summed E-state index contributed by atoms with van der Waals surface area (Å²) in [6.07, 6.45) is 0.223. The van der Waals surface area contributed by atoms with Crippen LogP contribution < -0.4 is 4.74 Å². The van der Waals surface area contributed by atoms with Gasteiger partial charge in [0.1, 0.15) is 17.4 Å². The Morgan fingerprint density at radius 2 is 2.32 bits per heavy atom. The van der Waals surface area contributed by atoms with Crippen molar-refractivity contribution in [2.45, 2.75) is 12.8 Å². The Morgan fingerprint density at radius 1 is 1.53 bits per heavy atom. The van der Waals surface area contributed by atoms with E-state index in [2.05, 4.69) is 15.2 Å². The summed E-state index contributed by atoms with van der Waals surface area (Å²) in [5.74, 6) is -0.190. The first kappa shape index (κ1) is 13.0. The number of benzene rings is 1. The molecule has 0 bridgehead atoms. The quantitative estimate of drug-likeness (QED) is 0.857. The number of halogens is 1. The number of hydrogen-bond donors (Lipinski definition) is 2. The van der Waals surface area contributed by atoms with E-state index >= 15 is 0 Å². The van der Waals surface area contributed by atoms with Crippen LogP contribution in [0, 0.1) is 5.82 Å². The summed E-state index contributed by atoms with van der Waals surface area (Å²) in [5.41, 5.74) is 0.543. The molecule has 2 rings (SSSR count). The van der Waals surface area contributed by atoms with Crippen molar-refractivity contribution in [1.29, 1.82) is 0 Å². The van der Waals surface area contributed by atoms with Crippen LogP contribution in [0.15, 0.2) is 18.2 Å². The SMILES string of the molecule is COc1cc(F)ccc1-c1n[nH]c(CCC(=O)O)n1. The molecule has 0 saturated heterocycles. The van der Waals surface area contributed by atoms with Gasteiger partial charge in [-0.3, -0.25) is 9.89 Å². The van der Waals surface area contributed by atoms with Crippen LogP contribution in [-0.2, 0) is 11.2 Å². The minimum absolute atomic E-state index is 0.0326. The molecule has 1 aromatic carbocycles. The second-order valence-electron chi connectivity index (χ2n) is 3.84. The predicted molar refractivity (Wildman–Crippen MR) is 64.3 cm³/mol. The van der Waals surface area contributed by atoms with E-state index in [1.54, 1.807) is 0 Å². The summed E-state index contributed by atoms with van der Waals surface area (Å²) >= 11 is 0. The molecule has 6 nitrogen and oxygen atoms in total. The topological polar surface area (TPSA) is 88.1 Å². The third kappa shape index (κ3) is 3.06. The fraction of sp³-hybridized carbons (Fsp3) is 0.250. The first-order chi connectivity index (χ1) is 9.10. The number of carboxylic acid groups (broad SMARTS) is 1. The Morgan fingerprint density at radius 3 is 3.00 bits per heavy atom. The number of nitrogens with zero attached hydrogens (tertiary/aromatic N) is 2. The zero-order valence-corrected chi connectivity index (χ0v) is 10.2. The Kier molecular flexibility index (Phi) is 3.74. The Bertz CT molecular complexity index is 598. The van der Waals surface area contributed by atoms with Crippen LogP contribution in [-0.4, -0.2) is 33.4 Å². The van der Waals surface area contributed by atoms with Crippen molar-refractivity contribution >= 4 is 5.97 Å². The van der Waals surface area contributed by atoms with Crippen LogP contribution in [0.25, 0.3) is 11.4 Å². The molecule has 7 heteroatoms. The van der Waals surface area contributed by atoms with Gasteiger partial charge >= 0.3 is 5.97 Å². The van der Waals surface area contributed by atoms with E-state index in [-0.39, 0.29) is 12.8 Å². The molecule has 0 radical (unpaired) electrons. The third-order valence-corrected chi connectivity index (χ3v) is 2.51. The molecule has 0 spiro atoms. The first-order valence-corrected chi connectivity index (χ1v) is 5.57. The molecule has 1 aromatic heterocycles. The number of ether oxygens (including phenoxy) is 1. The van der Waals surface area contributed by atoms with Crippen LogP contribution in [0.4, 0.5) is 4.39 Å². The molecular formula is C12H12FN3O3. The van der Waals surface area contributed by atoms with Gasteiger partial charge in [-0.25, -0.2) is 9.37 Å². The van der Waals surface area contributed by atoms with Gasteiger partial charge in [0.15, 0.2) is 5.82 Å². The molecule has 0 unspecified atom stereocenters. The lowest BCUT2D eigenvalue weighted by Gasteiger charge is -2.04. The first-order valence-electron chi connectivity index (χ1n) is 5.57. The Labute approximate surface area is 108 Å². The highest BCUT2D eigenvalue weighted by atomic mass is 19.1. The van der Waals surface area contributed by atoms with Crippen LogP contribution in [0.1, 0.15) is 12.2 Å². The fourth-order valence-electron chi connectivity index (χ4n) is 1.60. The molecule has 1 heterocycles. The van der Waals surface area contributed by atoms with Gasteiger partial charge in [0.25, 0.3) is 0 Å². The molecule has 0 aliphatic carbocycles. The third-order valence-electron chi connectivity index (χ3n) is 2.51. The van der Waals surface area contributed by atoms with Gasteiger partial charge in [-0.1, -0.05) is 0 Å². The zero-order valence-electron chi connectivity index (χ0n) is 10.2. The lowest BCUT2D eigenvalue weighted by molar-refractivity contribution is -0.137. The fourth-order valence-corrected chi connectivity index (χ4v) is 1.60. The van der Waals surface area contributed by atoms with Crippen molar-refractivity contribution in [3.63, 3.8) is 0 Å². The molecule has 2 aromatic rings. The predicted octanol–water partition coefficient (Wildman–Crippen LogP) is 1.64. The zero-order chi connectivity index (χ0) is 13.8. The molecule has 2 N–H and O–H groups in total. The van der Waals surface area contributed by atoms with E-state index in [1.165, 1.54) is 25.3 Å². The number of methoxy groups -OCH3 is 1. The smallest absolute Gasteiger partial charge is 0.303 e. The highest BCUT2D eigenvalue weighted by molar-refractivity contribution is 5.67. The number of aliphatic carboxylic acids is 1. The van der Waals surface area contributed by atoms with Crippen LogP contribution in [0.5, 0.6) is 5.75 Å². The molecule has 0 saturated carbocycles. The lowest BCUT2D eigenvalue weighted by atomic mass is 10.2. The standard InChI is InChI=1S/C12H12FN3O3/c1-19-9-6-7(13)2-3-8(9)12-14-10(15-16-12)4-5-11(17)18/h2-3,6H,4-5H2,1H3,(H,17,18)(H,14,15,16). The molecule has 0 aliphatic rings. The molecule has 0 amide bonds. The van der Waals surface area contributed by atoms with Crippen molar-refractivity contribution in [1.82, 2.24) is 15.2 Å². The summed E-state index contributed by atoms with van der Waals surface area (Å²) in [4.78, 5) is 14.6. The number of carboxylic acids is 1. The van der Waals surface area contributed by atoms with E-state index in [9.17, 15) is 9.18 Å². The lowest BCUT2D eigenvalue weighted by Crippen LogP contribution is -1.98.